The van der Waals surface area contributed by atoms with E-state index in [4.69, 9.17) is 0 Å². The van der Waals surface area contributed by atoms with Gasteiger partial charge in [0, 0.05) is 36.4 Å². The van der Waals surface area contributed by atoms with Crippen LogP contribution in [-0.4, -0.2) is 34.8 Å². The summed E-state index contributed by atoms with van der Waals surface area (Å²) in [5.41, 5.74) is 2.06. The molecule has 0 fully saturated rings. The predicted molar refractivity (Wildman–Crippen MR) is 89.7 cm³/mol. The van der Waals surface area contributed by atoms with Gasteiger partial charge in [-0.15, -0.1) is 11.3 Å². The van der Waals surface area contributed by atoms with Gasteiger partial charge >= 0.3 is 0 Å². The highest BCUT2D eigenvalue weighted by Gasteiger charge is 2.21. The fourth-order valence-corrected chi connectivity index (χ4v) is 3.33. The molecule has 0 unspecified atom stereocenters. The van der Waals surface area contributed by atoms with Crippen molar-refractivity contribution in [1.29, 1.82) is 0 Å². The van der Waals surface area contributed by atoms with Gasteiger partial charge in [-0.3, -0.25) is 14.6 Å². The van der Waals surface area contributed by atoms with E-state index in [-0.39, 0.29) is 18.4 Å². The van der Waals surface area contributed by atoms with Gasteiger partial charge in [0.15, 0.2) is 0 Å². The molecule has 0 saturated heterocycles. The first-order chi connectivity index (χ1) is 11.2. The number of aromatic nitrogens is 1. The third-order valence-electron chi connectivity index (χ3n) is 3.69. The summed E-state index contributed by atoms with van der Waals surface area (Å²) >= 11 is 1.74. The molecule has 0 aromatic carbocycles. The Morgan fingerprint density at radius 3 is 3.13 bits per heavy atom. The largest absolute Gasteiger partial charge is 0.343 e. The van der Waals surface area contributed by atoms with Crippen LogP contribution < -0.4 is 5.32 Å². The first-order valence-corrected chi connectivity index (χ1v) is 8.29. The molecular formula is C17H17N3O2S. The maximum atomic E-state index is 12.2. The first-order valence-electron chi connectivity index (χ1n) is 7.41. The molecule has 1 aliphatic rings. The smallest absolute Gasteiger partial charge is 0.244 e. The van der Waals surface area contributed by atoms with Gasteiger partial charge in [-0.25, -0.2) is 0 Å². The van der Waals surface area contributed by atoms with Crippen LogP contribution in [0.15, 0.2) is 42.0 Å². The minimum Gasteiger partial charge on any atom is -0.343 e. The Balaban J connectivity index is 1.48. The number of hydrogen-bond donors (Lipinski definition) is 1. The van der Waals surface area contributed by atoms with Gasteiger partial charge in [-0.2, -0.15) is 0 Å². The summed E-state index contributed by atoms with van der Waals surface area (Å²) in [6, 6.07) is 5.72. The quantitative estimate of drug-likeness (QED) is 0.872. The topological polar surface area (TPSA) is 62.3 Å². The second kappa shape index (κ2) is 7.19. The monoisotopic (exact) mass is 327 g/mol. The highest BCUT2D eigenvalue weighted by molar-refractivity contribution is 7.10. The standard InChI is InChI=1S/C17H17N3O2S/c21-16(4-3-13-2-1-7-18-10-13)19-11-17(22)20-8-5-15-14(12-20)6-9-23-15/h1-4,6-7,9-10H,5,8,11-12H2,(H,19,21). The summed E-state index contributed by atoms with van der Waals surface area (Å²) in [5, 5.41) is 4.69. The number of fused-ring (bicyclic) bond motifs is 1. The molecule has 5 nitrogen and oxygen atoms in total. The Morgan fingerprint density at radius 2 is 2.30 bits per heavy atom. The van der Waals surface area contributed by atoms with Crippen molar-refractivity contribution >= 4 is 29.2 Å². The van der Waals surface area contributed by atoms with E-state index in [1.54, 1.807) is 40.8 Å². The number of carbonyl (C=O) groups excluding carboxylic acids is 2. The van der Waals surface area contributed by atoms with Crippen molar-refractivity contribution < 1.29 is 9.59 Å². The average Bonchev–Trinajstić information content (AvgIpc) is 3.06. The van der Waals surface area contributed by atoms with E-state index < -0.39 is 0 Å². The van der Waals surface area contributed by atoms with Gasteiger partial charge in [0.1, 0.15) is 0 Å². The highest BCUT2D eigenvalue weighted by Crippen LogP contribution is 2.23. The molecule has 2 aromatic rings. The van der Waals surface area contributed by atoms with Crippen LogP contribution in [0.1, 0.15) is 16.0 Å². The Hall–Kier alpha value is -2.47. The van der Waals surface area contributed by atoms with Crippen molar-refractivity contribution in [1.82, 2.24) is 15.2 Å². The van der Waals surface area contributed by atoms with E-state index in [1.807, 2.05) is 6.07 Å². The first kappa shape index (κ1) is 15.4. The molecule has 1 N–H and O–H groups in total. The van der Waals surface area contributed by atoms with Crippen molar-refractivity contribution in [3.05, 3.63) is 58.1 Å². The Kier molecular flexibility index (Phi) is 4.83. The number of rotatable bonds is 4. The minimum absolute atomic E-state index is 0.0235. The van der Waals surface area contributed by atoms with Crippen LogP contribution in [0.2, 0.25) is 0 Å². The number of amides is 2. The second-order valence-corrected chi connectivity index (χ2v) is 6.27. The average molecular weight is 327 g/mol. The number of carbonyl (C=O) groups is 2. The van der Waals surface area contributed by atoms with Gasteiger partial charge in [-0.05, 0) is 41.1 Å². The second-order valence-electron chi connectivity index (χ2n) is 5.27. The fourth-order valence-electron chi connectivity index (χ4n) is 2.44. The molecule has 0 aliphatic carbocycles. The molecule has 0 atom stereocenters. The number of hydrogen-bond acceptors (Lipinski definition) is 4. The SMILES string of the molecule is O=C(C=Cc1cccnc1)NCC(=O)N1CCc2sccc2C1. The fraction of sp³-hybridized carbons (Fsp3) is 0.235. The Morgan fingerprint density at radius 1 is 1.39 bits per heavy atom. The van der Waals surface area contributed by atoms with Crippen molar-refractivity contribution in [3.8, 4) is 0 Å². The molecular weight excluding hydrogens is 310 g/mol. The van der Waals surface area contributed by atoms with Gasteiger partial charge < -0.3 is 10.2 Å². The number of nitrogens with one attached hydrogen (secondary N) is 1. The molecule has 118 valence electrons. The zero-order valence-electron chi connectivity index (χ0n) is 12.6. The van der Waals surface area contributed by atoms with Gasteiger partial charge in [0.25, 0.3) is 0 Å². The van der Waals surface area contributed by atoms with Crippen LogP contribution in [0, 0.1) is 0 Å². The molecule has 2 aromatic heterocycles. The number of thiophene rings is 1. The maximum absolute atomic E-state index is 12.2. The normalized spacial score (nSPS) is 13.8. The van der Waals surface area contributed by atoms with Crippen molar-refractivity contribution in [2.45, 2.75) is 13.0 Å². The van der Waals surface area contributed by atoms with Crippen LogP contribution in [0.4, 0.5) is 0 Å². The van der Waals surface area contributed by atoms with Crippen molar-refractivity contribution in [3.63, 3.8) is 0 Å². The summed E-state index contributed by atoms with van der Waals surface area (Å²) in [7, 11) is 0. The zero-order valence-corrected chi connectivity index (χ0v) is 13.4. The van der Waals surface area contributed by atoms with Gasteiger partial charge in [0.05, 0.1) is 6.54 Å². The van der Waals surface area contributed by atoms with Crippen molar-refractivity contribution in [2.75, 3.05) is 13.1 Å². The zero-order chi connectivity index (χ0) is 16.1. The molecule has 0 saturated carbocycles. The molecule has 0 spiro atoms. The van der Waals surface area contributed by atoms with Crippen molar-refractivity contribution in [2.24, 2.45) is 0 Å². The van der Waals surface area contributed by atoms with E-state index in [0.717, 1.165) is 12.0 Å². The van der Waals surface area contributed by atoms with Crippen LogP contribution in [0.5, 0.6) is 0 Å². The maximum Gasteiger partial charge on any atom is 0.244 e. The molecule has 2 amide bonds. The summed E-state index contributed by atoms with van der Waals surface area (Å²) < 4.78 is 0. The number of pyridine rings is 1. The third kappa shape index (κ3) is 4.04. The summed E-state index contributed by atoms with van der Waals surface area (Å²) in [6.45, 7) is 1.38. The molecule has 0 bridgehead atoms. The molecule has 3 rings (SSSR count). The van der Waals surface area contributed by atoms with E-state index in [9.17, 15) is 9.59 Å². The lowest BCUT2D eigenvalue weighted by molar-refractivity contribution is -0.132. The number of nitrogens with zero attached hydrogens (tertiary/aromatic N) is 2. The van der Waals surface area contributed by atoms with Crippen LogP contribution in [-0.2, 0) is 22.6 Å². The van der Waals surface area contributed by atoms with Crippen LogP contribution in [0.3, 0.4) is 0 Å². The molecule has 3 heterocycles. The molecule has 6 heteroatoms. The van der Waals surface area contributed by atoms with Gasteiger partial charge in [-0.1, -0.05) is 6.07 Å². The summed E-state index contributed by atoms with van der Waals surface area (Å²) in [4.78, 5) is 31.1. The molecule has 0 radical (unpaired) electrons. The van der Waals surface area contributed by atoms with Gasteiger partial charge in [0.2, 0.25) is 11.8 Å². The Labute approximate surface area is 138 Å². The minimum atomic E-state index is -0.282. The lowest BCUT2D eigenvalue weighted by Gasteiger charge is -2.27. The molecule has 1 aliphatic heterocycles. The molecule has 23 heavy (non-hydrogen) atoms. The predicted octanol–water partition coefficient (Wildman–Crippen LogP) is 1.86. The van der Waals surface area contributed by atoms with Crippen LogP contribution >= 0.6 is 11.3 Å². The lowest BCUT2D eigenvalue weighted by atomic mass is 10.1. The Bertz CT molecular complexity index is 724. The van der Waals surface area contributed by atoms with E-state index >= 15 is 0 Å². The third-order valence-corrected chi connectivity index (χ3v) is 4.71. The summed E-state index contributed by atoms with van der Waals surface area (Å²) in [5.74, 6) is -0.333. The van der Waals surface area contributed by atoms with E-state index in [2.05, 4.69) is 21.7 Å². The van der Waals surface area contributed by atoms with Crippen LogP contribution in [0.25, 0.3) is 6.08 Å². The van der Waals surface area contributed by atoms with E-state index in [0.29, 0.717) is 13.1 Å². The van der Waals surface area contributed by atoms with E-state index in [1.165, 1.54) is 16.5 Å². The summed E-state index contributed by atoms with van der Waals surface area (Å²) in [6.07, 6.45) is 7.32. The lowest BCUT2D eigenvalue weighted by Crippen LogP contribution is -2.41. The highest BCUT2D eigenvalue weighted by atomic mass is 32.1.